The number of nitrogens with one attached hydrogen (secondary N) is 1. The second-order valence-corrected chi connectivity index (χ2v) is 8.21. The number of piperidine rings is 1. The van der Waals surface area contributed by atoms with Crippen LogP contribution in [0, 0.1) is 5.92 Å². The maximum atomic E-state index is 13.0. The predicted octanol–water partition coefficient (Wildman–Crippen LogP) is 2.01. The lowest BCUT2D eigenvalue weighted by Crippen LogP contribution is -2.51. The lowest BCUT2D eigenvalue weighted by atomic mass is 9.80. The average Bonchev–Trinajstić information content (AvgIpc) is 3.33. The van der Waals surface area contributed by atoms with Gasteiger partial charge < -0.3 is 14.8 Å². The summed E-state index contributed by atoms with van der Waals surface area (Å²) in [6.45, 7) is 2.97. The van der Waals surface area contributed by atoms with E-state index in [0.717, 1.165) is 38.2 Å². The van der Waals surface area contributed by atoms with Gasteiger partial charge in [-0.05, 0) is 38.0 Å². The Kier molecular flexibility index (Phi) is 4.96. The van der Waals surface area contributed by atoms with E-state index in [4.69, 9.17) is 0 Å². The summed E-state index contributed by atoms with van der Waals surface area (Å²) >= 11 is 0. The monoisotopic (exact) mass is 359 g/mol. The highest BCUT2D eigenvalue weighted by atomic mass is 16.2. The molecule has 1 saturated heterocycles. The lowest BCUT2D eigenvalue weighted by molar-refractivity contribution is -0.137. The summed E-state index contributed by atoms with van der Waals surface area (Å²) in [6.07, 6.45) is 10.6. The Morgan fingerprint density at radius 1 is 1.19 bits per heavy atom. The van der Waals surface area contributed by atoms with E-state index in [1.165, 1.54) is 39.0 Å². The van der Waals surface area contributed by atoms with Crippen molar-refractivity contribution in [3.05, 3.63) is 12.2 Å². The normalized spacial score (nSPS) is 22.7. The van der Waals surface area contributed by atoms with Crippen molar-refractivity contribution in [1.29, 1.82) is 0 Å². The lowest BCUT2D eigenvalue weighted by Gasteiger charge is -2.36. The zero-order valence-electron chi connectivity index (χ0n) is 15.6. The second kappa shape index (κ2) is 7.37. The maximum absolute atomic E-state index is 13.0. The van der Waals surface area contributed by atoms with Gasteiger partial charge in [-0.25, -0.2) is 0 Å². The fourth-order valence-corrected chi connectivity index (χ4v) is 4.29. The van der Waals surface area contributed by atoms with E-state index >= 15 is 0 Å². The van der Waals surface area contributed by atoms with Gasteiger partial charge in [0.15, 0.2) is 0 Å². The van der Waals surface area contributed by atoms with Gasteiger partial charge in [-0.15, -0.1) is 10.2 Å². The zero-order valence-corrected chi connectivity index (χ0v) is 15.6. The Bertz CT molecular complexity index is 657. The van der Waals surface area contributed by atoms with Gasteiger partial charge in [0, 0.05) is 32.0 Å². The first-order valence-electron chi connectivity index (χ1n) is 10.1. The van der Waals surface area contributed by atoms with Gasteiger partial charge in [0.1, 0.15) is 18.2 Å². The molecule has 1 aromatic rings. The van der Waals surface area contributed by atoms with Crippen LogP contribution < -0.4 is 5.32 Å². The number of hydrogen-bond acceptors (Lipinski definition) is 4. The van der Waals surface area contributed by atoms with Crippen molar-refractivity contribution in [3.63, 3.8) is 0 Å². The van der Waals surface area contributed by atoms with Crippen molar-refractivity contribution in [2.45, 2.75) is 76.3 Å². The molecule has 1 aliphatic heterocycles. The molecule has 3 aliphatic rings. The van der Waals surface area contributed by atoms with E-state index < -0.39 is 0 Å². The van der Waals surface area contributed by atoms with Crippen molar-refractivity contribution in [2.75, 3.05) is 13.1 Å². The van der Waals surface area contributed by atoms with E-state index in [2.05, 4.69) is 20.1 Å². The van der Waals surface area contributed by atoms with Gasteiger partial charge >= 0.3 is 0 Å². The third kappa shape index (κ3) is 3.76. The van der Waals surface area contributed by atoms with Gasteiger partial charge in [-0.3, -0.25) is 9.59 Å². The molecule has 1 atom stereocenters. The van der Waals surface area contributed by atoms with Gasteiger partial charge in [0.25, 0.3) is 0 Å². The number of rotatable bonds is 6. The Morgan fingerprint density at radius 3 is 2.50 bits per heavy atom. The molecule has 0 bridgehead atoms. The van der Waals surface area contributed by atoms with Crippen LogP contribution in [0.5, 0.6) is 0 Å². The van der Waals surface area contributed by atoms with Gasteiger partial charge in [-0.2, -0.15) is 0 Å². The molecule has 142 valence electrons. The molecule has 2 aliphatic carbocycles. The minimum Gasteiger partial charge on any atom is -0.345 e. The molecule has 2 heterocycles. The van der Waals surface area contributed by atoms with Crippen LogP contribution in [-0.4, -0.2) is 50.6 Å². The van der Waals surface area contributed by atoms with E-state index in [9.17, 15) is 9.59 Å². The number of carbonyl (C=O) groups excluding carboxylic acids is 2. The SMILES string of the molecule is CC(=O)N[C@H](CC1CCC1)C(=O)N1CCC(c2nncn2C2CC2)CC1. The summed E-state index contributed by atoms with van der Waals surface area (Å²) in [5.74, 6) is 2.04. The molecular formula is C19H29N5O2. The molecule has 3 fully saturated rings. The highest BCUT2D eigenvalue weighted by molar-refractivity contribution is 5.87. The van der Waals surface area contributed by atoms with Crippen LogP contribution in [0.4, 0.5) is 0 Å². The molecule has 4 rings (SSSR count). The fourth-order valence-electron chi connectivity index (χ4n) is 4.29. The summed E-state index contributed by atoms with van der Waals surface area (Å²) in [5.41, 5.74) is 0. The van der Waals surface area contributed by atoms with Crippen molar-refractivity contribution >= 4 is 11.8 Å². The first-order chi connectivity index (χ1) is 12.6. The number of likely N-dealkylation sites (tertiary alicyclic amines) is 1. The minimum absolute atomic E-state index is 0.0919. The molecule has 7 heteroatoms. The number of amides is 2. The van der Waals surface area contributed by atoms with Gasteiger partial charge in [0.05, 0.1) is 0 Å². The van der Waals surface area contributed by atoms with Crippen LogP contribution in [0.2, 0.25) is 0 Å². The minimum atomic E-state index is -0.357. The van der Waals surface area contributed by atoms with Crippen LogP contribution in [0.25, 0.3) is 0 Å². The first-order valence-corrected chi connectivity index (χ1v) is 10.1. The maximum Gasteiger partial charge on any atom is 0.245 e. The molecule has 0 unspecified atom stereocenters. The van der Waals surface area contributed by atoms with E-state index in [1.807, 2.05) is 11.2 Å². The van der Waals surface area contributed by atoms with E-state index in [-0.39, 0.29) is 17.9 Å². The third-order valence-electron chi connectivity index (χ3n) is 6.18. The highest BCUT2D eigenvalue weighted by Gasteiger charge is 2.34. The summed E-state index contributed by atoms with van der Waals surface area (Å²) in [6, 6.07) is 0.232. The highest BCUT2D eigenvalue weighted by Crippen LogP contribution is 2.38. The topological polar surface area (TPSA) is 80.1 Å². The smallest absolute Gasteiger partial charge is 0.245 e. The summed E-state index contributed by atoms with van der Waals surface area (Å²) in [5, 5.41) is 11.4. The molecule has 1 aromatic heterocycles. The average molecular weight is 359 g/mol. The Morgan fingerprint density at radius 2 is 1.92 bits per heavy atom. The van der Waals surface area contributed by atoms with Crippen LogP contribution >= 0.6 is 0 Å². The molecule has 7 nitrogen and oxygen atoms in total. The number of hydrogen-bond donors (Lipinski definition) is 1. The number of aromatic nitrogens is 3. The standard InChI is InChI=1S/C19H29N5O2/c1-13(25)21-17(11-14-3-2-4-14)19(26)23-9-7-15(8-10-23)18-22-20-12-24(18)16-5-6-16/h12,14-17H,2-11H2,1H3,(H,21,25)/t17-/m1/s1. The van der Waals surface area contributed by atoms with Crippen molar-refractivity contribution < 1.29 is 9.59 Å². The largest absolute Gasteiger partial charge is 0.345 e. The molecular weight excluding hydrogens is 330 g/mol. The number of carbonyl (C=O) groups is 2. The molecule has 1 N–H and O–H groups in total. The molecule has 0 spiro atoms. The van der Waals surface area contributed by atoms with Gasteiger partial charge in [0.2, 0.25) is 11.8 Å². The molecule has 2 amide bonds. The Balaban J connectivity index is 1.35. The van der Waals surface area contributed by atoms with E-state index in [0.29, 0.717) is 17.9 Å². The third-order valence-corrected chi connectivity index (χ3v) is 6.18. The Labute approximate surface area is 154 Å². The van der Waals surface area contributed by atoms with Crippen molar-refractivity contribution in [2.24, 2.45) is 5.92 Å². The van der Waals surface area contributed by atoms with Crippen molar-refractivity contribution in [1.82, 2.24) is 25.0 Å². The van der Waals surface area contributed by atoms with Crippen LogP contribution in [0.15, 0.2) is 6.33 Å². The molecule has 2 saturated carbocycles. The van der Waals surface area contributed by atoms with Crippen LogP contribution in [-0.2, 0) is 9.59 Å². The van der Waals surface area contributed by atoms with Crippen molar-refractivity contribution in [3.8, 4) is 0 Å². The number of nitrogens with zero attached hydrogens (tertiary/aromatic N) is 4. The summed E-state index contributed by atoms with van der Waals surface area (Å²) in [7, 11) is 0. The predicted molar refractivity (Wildman–Crippen MR) is 96.4 cm³/mol. The second-order valence-electron chi connectivity index (χ2n) is 8.21. The fraction of sp³-hybridized carbons (Fsp3) is 0.789. The summed E-state index contributed by atoms with van der Waals surface area (Å²) < 4.78 is 2.23. The van der Waals surface area contributed by atoms with Crippen LogP contribution in [0.1, 0.15) is 76.1 Å². The molecule has 0 radical (unpaired) electrons. The molecule has 26 heavy (non-hydrogen) atoms. The summed E-state index contributed by atoms with van der Waals surface area (Å²) in [4.78, 5) is 26.4. The van der Waals surface area contributed by atoms with Crippen LogP contribution in [0.3, 0.4) is 0 Å². The van der Waals surface area contributed by atoms with E-state index in [1.54, 1.807) is 0 Å². The van der Waals surface area contributed by atoms with Gasteiger partial charge in [-0.1, -0.05) is 19.3 Å². The Hall–Kier alpha value is -1.92. The first kappa shape index (κ1) is 17.5. The zero-order chi connectivity index (χ0) is 18.1. The quantitative estimate of drug-likeness (QED) is 0.843. The molecule has 0 aromatic carbocycles.